The molecule has 1 aromatic rings. The van der Waals surface area contributed by atoms with Gasteiger partial charge in [0, 0.05) is 37.7 Å². The molecule has 2 amide bonds. The number of carbonyl (C=O) groups excluding carboxylic acids is 2. The number of benzene rings is 1. The third-order valence-electron chi connectivity index (χ3n) is 4.94. The van der Waals surface area contributed by atoms with Crippen molar-refractivity contribution in [3.05, 3.63) is 29.3 Å². The molecule has 1 aliphatic rings. The first-order valence-electron chi connectivity index (χ1n) is 9.93. The fourth-order valence-corrected chi connectivity index (χ4v) is 3.17. The molecule has 3 N–H and O–H groups in total. The van der Waals surface area contributed by atoms with Crippen molar-refractivity contribution in [3.8, 4) is 5.75 Å². The Balaban J connectivity index is 1.94. The second-order valence-corrected chi connectivity index (χ2v) is 7.68. The van der Waals surface area contributed by atoms with E-state index in [0.717, 1.165) is 24.9 Å². The molecule has 0 aromatic heterocycles. The standard InChI is InChI=1S/C21H33N3O3/c1-15(2)8-11-24-12-9-18(6-7-20(24)25)23-21(26)17-5-4-16(3)19(14-17)27-13-10-22/h4-5,14-15,18H,6-13,22H2,1-3H3,(H,23,26). The zero-order valence-corrected chi connectivity index (χ0v) is 16.8. The summed E-state index contributed by atoms with van der Waals surface area (Å²) in [5.41, 5.74) is 7.03. The largest absolute Gasteiger partial charge is 0.492 e. The van der Waals surface area contributed by atoms with Crippen LogP contribution in [0.25, 0.3) is 0 Å². The Hall–Kier alpha value is -2.08. The van der Waals surface area contributed by atoms with Gasteiger partial charge in [0.15, 0.2) is 0 Å². The minimum Gasteiger partial charge on any atom is -0.492 e. The number of nitrogens with one attached hydrogen (secondary N) is 1. The third-order valence-corrected chi connectivity index (χ3v) is 4.94. The quantitative estimate of drug-likeness (QED) is 0.731. The van der Waals surface area contributed by atoms with Crippen molar-refractivity contribution in [2.24, 2.45) is 11.7 Å². The van der Waals surface area contributed by atoms with Crippen LogP contribution in [0.5, 0.6) is 5.75 Å². The first-order chi connectivity index (χ1) is 12.9. The predicted octanol–water partition coefficient (Wildman–Crippen LogP) is 2.49. The number of rotatable bonds is 8. The molecule has 27 heavy (non-hydrogen) atoms. The molecular formula is C21H33N3O3. The van der Waals surface area contributed by atoms with E-state index in [9.17, 15) is 9.59 Å². The average molecular weight is 376 g/mol. The molecule has 1 fully saturated rings. The number of hydrogen-bond acceptors (Lipinski definition) is 4. The van der Waals surface area contributed by atoms with E-state index in [1.807, 2.05) is 17.9 Å². The summed E-state index contributed by atoms with van der Waals surface area (Å²) in [6, 6.07) is 5.46. The van der Waals surface area contributed by atoms with Gasteiger partial charge in [-0.25, -0.2) is 0 Å². The molecule has 1 saturated heterocycles. The SMILES string of the molecule is Cc1ccc(C(=O)NC2CCC(=O)N(CCC(C)C)CC2)cc1OCCN. The fraction of sp³-hybridized carbons (Fsp3) is 0.619. The lowest BCUT2D eigenvalue weighted by Gasteiger charge is -2.22. The van der Waals surface area contributed by atoms with Crippen LogP contribution in [0.3, 0.4) is 0 Å². The van der Waals surface area contributed by atoms with Gasteiger partial charge in [0.25, 0.3) is 5.91 Å². The zero-order valence-electron chi connectivity index (χ0n) is 16.8. The molecule has 1 unspecified atom stereocenters. The second-order valence-electron chi connectivity index (χ2n) is 7.68. The van der Waals surface area contributed by atoms with Crippen LogP contribution in [-0.2, 0) is 4.79 Å². The van der Waals surface area contributed by atoms with Crippen LogP contribution in [0.4, 0.5) is 0 Å². The summed E-state index contributed by atoms with van der Waals surface area (Å²) in [6.07, 6.45) is 2.97. The predicted molar refractivity (Wildman–Crippen MR) is 107 cm³/mol. The summed E-state index contributed by atoms with van der Waals surface area (Å²) in [5, 5.41) is 3.09. The highest BCUT2D eigenvalue weighted by Crippen LogP contribution is 2.20. The van der Waals surface area contributed by atoms with Crippen molar-refractivity contribution in [1.29, 1.82) is 0 Å². The normalized spacial score (nSPS) is 17.7. The van der Waals surface area contributed by atoms with E-state index in [1.165, 1.54) is 0 Å². The lowest BCUT2D eigenvalue weighted by molar-refractivity contribution is -0.130. The van der Waals surface area contributed by atoms with Crippen LogP contribution >= 0.6 is 0 Å². The van der Waals surface area contributed by atoms with Gasteiger partial charge >= 0.3 is 0 Å². The van der Waals surface area contributed by atoms with Crippen LogP contribution in [0.15, 0.2) is 18.2 Å². The van der Waals surface area contributed by atoms with Gasteiger partial charge in [0.05, 0.1) is 0 Å². The highest BCUT2D eigenvalue weighted by Gasteiger charge is 2.24. The van der Waals surface area contributed by atoms with E-state index in [-0.39, 0.29) is 17.9 Å². The van der Waals surface area contributed by atoms with Gasteiger partial charge in [-0.3, -0.25) is 9.59 Å². The number of amides is 2. The van der Waals surface area contributed by atoms with Gasteiger partial charge < -0.3 is 20.7 Å². The summed E-state index contributed by atoms with van der Waals surface area (Å²) >= 11 is 0. The third kappa shape index (κ3) is 6.54. The average Bonchev–Trinajstić information content (AvgIpc) is 2.81. The van der Waals surface area contributed by atoms with Gasteiger partial charge in [0.2, 0.25) is 5.91 Å². The van der Waals surface area contributed by atoms with Crippen LogP contribution in [0.2, 0.25) is 0 Å². The van der Waals surface area contributed by atoms with Gasteiger partial charge in [-0.2, -0.15) is 0 Å². The van der Waals surface area contributed by atoms with Crippen LogP contribution in [0.1, 0.15) is 55.5 Å². The molecule has 0 radical (unpaired) electrons. The Kier molecular flexibility index (Phi) is 8.10. The van der Waals surface area contributed by atoms with Gasteiger partial charge in [-0.1, -0.05) is 19.9 Å². The Labute approximate surface area is 162 Å². The minimum atomic E-state index is -0.124. The van der Waals surface area contributed by atoms with Crippen LogP contribution < -0.4 is 15.8 Å². The van der Waals surface area contributed by atoms with E-state index in [2.05, 4.69) is 19.2 Å². The Morgan fingerprint density at radius 3 is 2.85 bits per heavy atom. The van der Waals surface area contributed by atoms with E-state index < -0.39 is 0 Å². The van der Waals surface area contributed by atoms with Gasteiger partial charge in [-0.15, -0.1) is 0 Å². The number of nitrogens with two attached hydrogens (primary N) is 1. The molecule has 0 aliphatic carbocycles. The number of nitrogens with zero attached hydrogens (tertiary/aromatic N) is 1. The van der Waals surface area contributed by atoms with E-state index in [1.54, 1.807) is 12.1 Å². The van der Waals surface area contributed by atoms with Crippen LogP contribution in [0, 0.1) is 12.8 Å². The summed E-state index contributed by atoms with van der Waals surface area (Å²) < 4.78 is 5.60. The molecule has 0 saturated carbocycles. The molecule has 1 heterocycles. The lowest BCUT2D eigenvalue weighted by atomic mass is 10.1. The number of likely N-dealkylation sites (tertiary alicyclic amines) is 1. The Bertz CT molecular complexity index is 646. The minimum absolute atomic E-state index is 0.0141. The molecule has 1 aliphatic heterocycles. The number of carbonyl (C=O) groups is 2. The van der Waals surface area contributed by atoms with Gasteiger partial charge in [0.1, 0.15) is 12.4 Å². The summed E-state index contributed by atoms with van der Waals surface area (Å²) in [7, 11) is 0. The molecule has 2 rings (SSSR count). The lowest BCUT2D eigenvalue weighted by Crippen LogP contribution is -2.36. The molecule has 1 atom stereocenters. The van der Waals surface area contributed by atoms with Crippen molar-refractivity contribution in [3.63, 3.8) is 0 Å². The maximum absolute atomic E-state index is 12.7. The monoisotopic (exact) mass is 375 g/mol. The zero-order chi connectivity index (χ0) is 19.8. The molecule has 1 aromatic carbocycles. The van der Waals surface area contributed by atoms with Crippen LogP contribution in [-0.4, -0.2) is 49.0 Å². The van der Waals surface area contributed by atoms with E-state index in [0.29, 0.717) is 49.8 Å². The van der Waals surface area contributed by atoms with E-state index >= 15 is 0 Å². The molecule has 6 nitrogen and oxygen atoms in total. The summed E-state index contributed by atoms with van der Waals surface area (Å²) in [5.74, 6) is 1.33. The molecule has 6 heteroatoms. The smallest absolute Gasteiger partial charge is 0.251 e. The first-order valence-corrected chi connectivity index (χ1v) is 9.93. The molecule has 0 bridgehead atoms. The van der Waals surface area contributed by atoms with Crippen molar-refractivity contribution < 1.29 is 14.3 Å². The highest BCUT2D eigenvalue weighted by molar-refractivity contribution is 5.95. The topological polar surface area (TPSA) is 84.7 Å². The van der Waals surface area contributed by atoms with Crippen molar-refractivity contribution in [1.82, 2.24) is 10.2 Å². The fourth-order valence-electron chi connectivity index (χ4n) is 3.17. The van der Waals surface area contributed by atoms with Crippen molar-refractivity contribution in [2.75, 3.05) is 26.2 Å². The highest BCUT2D eigenvalue weighted by atomic mass is 16.5. The number of ether oxygens (including phenoxy) is 1. The van der Waals surface area contributed by atoms with Crippen molar-refractivity contribution in [2.45, 2.75) is 52.5 Å². The first kappa shape index (κ1) is 21.2. The number of hydrogen-bond donors (Lipinski definition) is 2. The molecule has 0 spiro atoms. The Morgan fingerprint density at radius 2 is 2.15 bits per heavy atom. The Morgan fingerprint density at radius 1 is 1.37 bits per heavy atom. The second kappa shape index (κ2) is 10.3. The van der Waals surface area contributed by atoms with Gasteiger partial charge in [-0.05, 0) is 49.8 Å². The molecule has 150 valence electrons. The number of aryl methyl sites for hydroxylation is 1. The van der Waals surface area contributed by atoms with E-state index in [4.69, 9.17) is 10.5 Å². The summed E-state index contributed by atoms with van der Waals surface area (Å²) in [6.45, 7) is 8.63. The maximum atomic E-state index is 12.7. The van der Waals surface area contributed by atoms with Crippen molar-refractivity contribution >= 4 is 11.8 Å². The summed E-state index contributed by atoms with van der Waals surface area (Å²) in [4.78, 5) is 26.9. The maximum Gasteiger partial charge on any atom is 0.251 e. The molecular weight excluding hydrogens is 342 g/mol.